The zero-order chi connectivity index (χ0) is 11.5. The molecule has 1 aromatic carbocycles. The van der Waals surface area contributed by atoms with Crippen molar-refractivity contribution >= 4 is 34.4 Å². The molecule has 1 aromatic rings. The van der Waals surface area contributed by atoms with Crippen molar-refractivity contribution in [2.45, 2.75) is 0 Å². The van der Waals surface area contributed by atoms with Gasteiger partial charge in [-0.25, -0.2) is 4.79 Å². The van der Waals surface area contributed by atoms with Gasteiger partial charge in [-0.2, -0.15) is 0 Å². The van der Waals surface area contributed by atoms with Crippen molar-refractivity contribution in [3.63, 3.8) is 0 Å². The number of hydrogen-bond donors (Lipinski definition) is 0. The Morgan fingerprint density at radius 3 is 2.62 bits per heavy atom. The molecule has 0 spiro atoms. The summed E-state index contributed by atoms with van der Waals surface area (Å²) in [6.45, 7) is 0.480. The zero-order valence-corrected chi connectivity index (χ0v) is 10.8. The predicted octanol–water partition coefficient (Wildman–Crippen LogP) is 2.93. The summed E-state index contributed by atoms with van der Waals surface area (Å²) in [5.74, 6) is 1.43. The molecule has 0 saturated carbocycles. The van der Waals surface area contributed by atoms with E-state index in [1.807, 2.05) is 24.3 Å². The first kappa shape index (κ1) is 11.3. The molecule has 1 saturated heterocycles. The number of nitrogens with zero attached hydrogens (tertiary/aromatic N) is 1. The molecule has 0 aromatic heterocycles. The number of ether oxygens (including phenoxy) is 2. The molecular weight excluding hydrogens is 321 g/mol. The van der Waals surface area contributed by atoms with Gasteiger partial charge >= 0.3 is 6.09 Å². The fourth-order valence-electron chi connectivity index (χ4n) is 1.44. The summed E-state index contributed by atoms with van der Waals surface area (Å²) in [4.78, 5) is 13.1. The molecule has 1 fully saturated rings. The molecule has 5 heteroatoms. The highest BCUT2D eigenvalue weighted by atomic mass is 127. The smallest absolute Gasteiger partial charge is 0.419 e. The van der Waals surface area contributed by atoms with Gasteiger partial charge in [0.25, 0.3) is 0 Å². The van der Waals surface area contributed by atoms with Crippen LogP contribution >= 0.6 is 22.6 Å². The third-order valence-corrected chi connectivity index (χ3v) is 2.95. The largest absolute Gasteiger partial charge is 0.497 e. The summed E-state index contributed by atoms with van der Waals surface area (Å²) >= 11 is 2.05. The van der Waals surface area contributed by atoms with Crippen LogP contribution in [0.25, 0.3) is 0 Å². The highest BCUT2D eigenvalue weighted by Crippen LogP contribution is 2.25. The van der Waals surface area contributed by atoms with Gasteiger partial charge in [0, 0.05) is 9.77 Å². The monoisotopic (exact) mass is 331 g/mol. The van der Waals surface area contributed by atoms with Crippen LogP contribution < -0.4 is 9.64 Å². The second kappa shape index (κ2) is 4.73. The van der Waals surface area contributed by atoms with E-state index in [2.05, 4.69) is 22.6 Å². The van der Waals surface area contributed by atoms with Gasteiger partial charge < -0.3 is 9.47 Å². The van der Waals surface area contributed by atoms with Crippen LogP contribution in [0.3, 0.4) is 0 Å². The van der Waals surface area contributed by atoms with Crippen molar-refractivity contribution in [3.8, 4) is 5.75 Å². The fraction of sp³-hybridized carbons (Fsp3) is 0.182. The summed E-state index contributed by atoms with van der Waals surface area (Å²) in [6.07, 6.45) is -0.340. The van der Waals surface area contributed by atoms with Gasteiger partial charge in [-0.15, -0.1) is 0 Å². The van der Waals surface area contributed by atoms with E-state index in [1.54, 1.807) is 16.1 Å². The van der Waals surface area contributed by atoms with Crippen molar-refractivity contribution in [2.75, 3.05) is 18.6 Å². The minimum Gasteiger partial charge on any atom is -0.497 e. The average Bonchev–Trinajstić information content (AvgIpc) is 2.71. The summed E-state index contributed by atoms with van der Waals surface area (Å²) in [6, 6.07) is 7.29. The molecule has 1 heterocycles. The van der Waals surface area contributed by atoms with Crippen molar-refractivity contribution in [1.29, 1.82) is 0 Å². The standard InChI is InChI=1S/C11H10INO3/c1-15-9-4-2-8(3-5-9)13-7-10(6-12)16-11(13)14/h2-6H,7H2,1H3. The Kier molecular flexibility index (Phi) is 3.33. The molecule has 0 N–H and O–H groups in total. The lowest BCUT2D eigenvalue weighted by Gasteiger charge is -2.12. The number of anilines is 1. The van der Waals surface area contributed by atoms with Crippen LogP contribution in [0, 0.1) is 0 Å². The van der Waals surface area contributed by atoms with E-state index in [4.69, 9.17) is 9.47 Å². The molecule has 0 bridgehead atoms. The van der Waals surface area contributed by atoms with Gasteiger partial charge in [0.2, 0.25) is 0 Å². The summed E-state index contributed by atoms with van der Waals surface area (Å²) in [7, 11) is 1.61. The number of rotatable bonds is 2. The Labute approximate surface area is 107 Å². The predicted molar refractivity (Wildman–Crippen MR) is 68.9 cm³/mol. The fourth-order valence-corrected chi connectivity index (χ4v) is 1.76. The minimum absolute atomic E-state index is 0.340. The van der Waals surface area contributed by atoms with Crippen LogP contribution in [0.15, 0.2) is 34.1 Å². The van der Waals surface area contributed by atoms with Crippen LogP contribution in [0.1, 0.15) is 0 Å². The molecule has 0 radical (unpaired) electrons. The van der Waals surface area contributed by atoms with Gasteiger partial charge in [-0.05, 0) is 46.9 Å². The number of halogens is 1. The van der Waals surface area contributed by atoms with Gasteiger partial charge in [0.15, 0.2) is 0 Å². The van der Waals surface area contributed by atoms with Crippen molar-refractivity contribution < 1.29 is 14.3 Å². The average molecular weight is 331 g/mol. The molecule has 1 aliphatic rings. The van der Waals surface area contributed by atoms with Gasteiger partial charge in [-0.1, -0.05) is 0 Å². The Morgan fingerprint density at radius 2 is 2.12 bits per heavy atom. The van der Waals surface area contributed by atoms with Crippen LogP contribution in [0.4, 0.5) is 10.5 Å². The first-order valence-electron chi connectivity index (χ1n) is 4.67. The number of hydrogen-bond acceptors (Lipinski definition) is 3. The molecule has 1 amide bonds. The molecular formula is C11H10INO3. The summed E-state index contributed by atoms with van der Waals surface area (Å²) < 4.78 is 11.9. The van der Waals surface area contributed by atoms with Crippen LogP contribution in [-0.4, -0.2) is 19.7 Å². The maximum absolute atomic E-state index is 11.5. The van der Waals surface area contributed by atoms with E-state index in [0.29, 0.717) is 12.3 Å². The van der Waals surface area contributed by atoms with Crippen molar-refractivity contribution in [2.24, 2.45) is 0 Å². The van der Waals surface area contributed by atoms with Crippen molar-refractivity contribution in [3.05, 3.63) is 34.1 Å². The number of methoxy groups -OCH3 is 1. The Morgan fingerprint density at radius 1 is 1.44 bits per heavy atom. The lowest BCUT2D eigenvalue weighted by Crippen LogP contribution is -2.22. The third-order valence-electron chi connectivity index (χ3n) is 2.26. The second-order valence-electron chi connectivity index (χ2n) is 3.23. The van der Waals surface area contributed by atoms with E-state index in [9.17, 15) is 4.79 Å². The molecule has 0 unspecified atom stereocenters. The maximum atomic E-state index is 11.5. The molecule has 1 aliphatic heterocycles. The van der Waals surface area contributed by atoms with E-state index >= 15 is 0 Å². The van der Waals surface area contributed by atoms with Crippen molar-refractivity contribution in [1.82, 2.24) is 0 Å². The molecule has 4 nitrogen and oxygen atoms in total. The third kappa shape index (κ3) is 2.13. The molecule has 0 aliphatic carbocycles. The Hall–Kier alpha value is -1.24. The normalized spacial score (nSPS) is 17.8. The number of amides is 1. The summed E-state index contributed by atoms with van der Waals surface area (Å²) in [5, 5.41) is 0. The minimum atomic E-state index is -0.340. The molecule has 2 rings (SSSR count). The van der Waals surface area contributed by atoms with Gasteiger partial charge in [-0.3, -0.25) is 4.90 Å². The Bertz CT molecular complexity index is 427. The van der Waals surface area contributed by atoms with Crippen LogP contribution in [0.2, 0.25) is 0 Å². The topological polar surface area (TPSA) is 38.8 Å². The van der Waals surface area contributed by atoms with Gasteiger partial charge in [0.1, 0.15) is 11.5 Å². The SMILES string of the molecule is COc1ccc(N2CC(=CI)OC2=O)cc1. The zero-order valence-electron chi connectivity index (χ0n) is 8.64. The second-order valence-corrected chi connectivity index (χ2v) is 3.85. The van der Waals surface area contributed by atoms with E-state index < -0.39 is 0 Å². The van der Waals surface area contributed by atoms with Crippen LogP contribution in [0.5, 0.6) is 5.75 Å². The number of cyclic esters (lactones) is 1. The van der Waals surface area contributed by atoms with E-state index in [0.717, 1.165) is 11.4 Å². The molecule has 16 heavy (non-hydrogen) atoms. The lowest BCUT2D eigenvalue weighted by atomic mass is 10.3. The van der Waals surface area contributed by atoms with E-state index in [-0.39, 0.29) is 6.09 Å². The Balaban J connectivity index is 2.21. The summed E-state index contributed by atoms with van der Waals surface area (Å²) in [5.41, 5.74) is 0.805. The first-order chi connectivity index (χ1) is 7.74. The van der Waals surface area contributed by atoms with Gasteiger partial charge in [0.05, 0.1) is 13.7 Å². The number of carbonyl (C=O) groups is 1. The first-order valence-corrected chi connectivity index (χ1v) is 5.92. The molecule has 0 atom stereocenters. The quantitative estimate of drug-likeness (QED) is 0.782. The molecule has 84 valence electrons. The highest BCUT2D eigenvalue weighted by molar-refractivity contribution is 14.1. The maximum Gasteiger partial charge on any atom is 0.419 e. The van der Waals surface area contributed by atoms with E-state index in [1.165, 1.54) is 0 Å². The lowest BCUT2D eigenvalue weighted by molar-refractivity contribution is 0.199. The number of carbonyl (C=O) groups excluding carboxylic acids is 1. The van der Waals surface area contributed by atoms with Crippen LogP contribution in [-0.2, 0) is 4.74 Å². The number of benzene rings is 1. The highest BCUT2D eigenvalue weighted by Gasteiger charge is 2.27.